The second kappa shape index (κ2) is 9.76. The number of rotatable bonds is 7. The van der Waals surface area contributed by atoms with E-state index in [9.17, 15) is 18.4 Å². The third kappa shape index (κ3) is 5.71. The Labute approximate surface area is 173 Å². The lowest BCUT2D eigenvalue weighted by atomic mass is 10.0. The summed E-state index contributed by atoms with van der Waals surface area (Å²) in [6.45, 7) is -0.0756. The molecule has 0 heterocycles. The number of hydrogen-bond acceptors (Lipinski definition) is 3. The van der Waals surface area contributed by atoms with E-state index in [0.717, 1.165) is 0 Å². The molecule has 0 unspecified atom stereocenters. The van der Waals surface area contributed by atoms with Crippen LogP contribution >= 0.6 is 0 Å². The van der Waals surface area contributed by atoms with E-state index in [-0.39, 0.29) is 18.4 Å². The predicted molar refractivity (Wildman–Crippen MR) is 112 cm³/mol. The molecule has 0 radical (unpaired) electrons. The number of carbonyl (C=O) groups excluding carboxylic acids is 2. The minimum atomic E-state index is -0.754. The molecule has 3 aromatic carbocycles. The van der Waals surface area contributed by atoms with E-state index in [4.69, 9.17) is 0 Å². The topological polar surface area (TPSA) is 61.4 Å². The Morgan fingerprint density at radius 1 is 0.800 bits per heavy atom. The summed E-state index contributed by atoms with van der Waals surface area (Å²) in [4.78, 5) is 27.0. The van der Waals surface area contributed by atoms with Crippen molar-refractivity contribution in [3.63, 3.8) is 0 Å². The standard InChI is InChI=1S/C23H21F2N3O2/c1-28(15-21(29)26-19-11-7-17(24)8-12-19)22(16-5-3-2-4-6-16)23(30)27-20-13-9-18(25)10-14-20/h2-14,22H,15H2,1H3,(H,26,29)(H,27,30)/t22-/m1/s1. The van der Waals surface area contributed by atoms with E-state index in [1.54, 1.807) is 36.2 Å². The van der Waals surface area contributed by atoms with Gasteiger partial charge in [0.2, 0.25) is 11.8 Å². The maximum atomic E-state index is 13.1. The summed E-state index contributed by atoms with van der Waals surface area (Å²) >= 11 is 0. The van der Waals surface area contributed by atoms with Crippen LogP contribution in [-0.4, -0.2) is 30.3 Å². The van der Waals surface area contributed by atoms with Gasteiger partial charge in [0, 0.05) is 11.4 Å². The molecular weight excluding hydrogens is 388 g/mol. The van der Waals surface area contributed by atoms with Crippen molar-refractivity contribution in [2.75, 3.05) is 24.2 Å². The molecule has 2 N–H and O–H groups in total. The van der Waals surface area contributed by atoms with Gasteiger partial charge in [-0.1, -0.05) is 30.3 Å². The maximum Gasteiger partial charge on any atom is 0.246 e. The van der Waals surface area contributed by atoms with Crippen molar-refractivity contribution in [3.05, 3.63) is 96.1 Å². The Morgan fingerprint density at radius 2 is 1.30 bits per heavy atom. The molecule has 1 atom stereocenters. The Kier molecular flexibility index (Phi) is 6.87. The molecule has 7 heteroatoms. The third-order valence-electron chi connectivity index (χ3n) is 4.44. The molecule has 2 amide bonds. The molecule has 3 aromatic rings. The van der Waals surface area contributed by atoms with Crippen LogP contribution in [0, 0.1) is 11.6 Å². The van der Waals surface area contributed by atoms with Crippen LogP contribution < -0.4 is 10.6 Å². The average Bonchev–Trinajstić information content (AvgIpc) is 2.72. The van der Waals surface area contributed by atoms with Crippen LogP contribution in [0.15, 0.2) is 78.9 Å². The van der Waals surface area contributed by atoms with Crippen LogP contribution in [0.2, 0.25) is 0 Å². The van der Waals surface area contributed by atoms with Crippen LogP contribution in [0.4, 0.5) is 20.2 Å². The average molecular weight is 409 g/mol. The summed E-state index contributed by atoms with van der Waals surface area (Å²) in [7, 11) is 1.66. The highest BCUT2D eigenvalue weighted by atomic mass is 19.1. The first kappa shape index (κ1) is 21.1. The van der Waals surface area contributed by atoms with Crippen molar-refractivity contribution in [1.82, 2.24) is 4.90 Å². The molecule has 0 spiro atoms. The maximum absolute atomic E-state index is 13.1. The van der Waals surface area contributed by atoms with Crippen molar-refractivity contribution in [1.29, 1.82) is 0 Å². The molecule has 30 heavy (non-hydrogen) atoms. The smallest absolute Gasteiger partial charge is 0.246 e. The van der Waals surface area contributed by atoms with Crippen molar-refractivity contribution >= 4 is 23.2 Å². The summed E-state index contributed by atoms with van der Waals surface area (Å²) in [6.07, 6.45) is 0. The van der Waals surface area contributed by atoms with Gasteiger partial charge in [0.05, 0.1) is 6.54 Å². The molecular formula is C23H21F2N3O2. The fourth-order valence-electron chi connectivity index (χ4n) is 3.04. The van der Waals surface area contributed by atoms with E-state index < -0.39 is 17.7 Å². The van der Waals surface area contributed by atoms with Crippen molar-refractivity contribution in [2.45, 2.75) is 6.04 Å². The minimum Gasteiger partial charge on any atom is -0.325 e. The van der Waals surface area contributed by atoms with Gasteiger partial charge in [-0.15, -0.1) is 0 Å². The van der Waals surface area contributed by atoms with Gasteiger partial charge in [0.1, 0.15) is 17.7 Å². The molecule has 0 saturated heterocycles. The largest absolute Gasteiger partial charge is 0.325 e. The van der Waals surface area contributed by atoms with Gasteiger partial charge in [0.15, 0.2) is 0 Å². The van der Waals surface area contributed by atoms with Gasteiger partial charge in [-0.2, -0.15) is 0 Å². The Bertz CT molecular complexity index is 993. The number of benzene rings is 3. The molecule has 0 aromatic heterocycles. The molecule has 0 aliphatic carbocycles. The number of anilines is 2. The summed E-state index contributed by atoms with van der Waals surface area (Å²) < 4.78 is 26.2. The zero-order valence-corrected chi connectivity index (χ0v) is 16.3. The second-order valence-corrected chi connectivity index (χ2v) is 6.78. The fourth-order valence-corrected chi connectivity index (χ4v) is 3.04. The first-order valence-electron chi connectivity index (χ1n) is 9.29. The van der Waals surface area contributed by atoms with Gasteiger partial charge in [0.25, 0.3) is 0 Å². The molecule has 0 saturated carbocycles. The van der Waals surface area contributed by atoms with Gasteiger partial charge in [-0.25, -0.2) is 8.78 Å². The minimum absolute atomic E-state index is 0.0756. The first-order chi connectivity index (χ1) is 14.4. The fraction of sp³-hybridized carbons (Fsp3) is 0.130. The monoisotopic (exact) mass is 409 g/mol. The number of hydrogen-bond donors (Lipinski definition) is 2. The summed E-state index contributed by atoms with van der Waals surface area (Å²) in [5.41, 5.74) is 1.61. The van der Waals surface area contributed by atoms with Crippen molar-refractivity contribution in [3.8, 4) is 0 Å². The molecule has 0 aliphatic heterocycles. The van der Waals surface area contributed by atoms with E-state index in [0.29, 0.717) is 16.9 Å². The van der Waals surface area contributed by atoms with Crippen molar-refractivity contribution < 1.29 is 18.4 Å². The zero-order valence-electron chi connectivity index (χ0n) is 16.3. The van der Waals surface area contributed by atoms with Crippen LogP contribution in [0.3, 0.4) is 0 Å². The highest BCUT2D eigenvalue weighted by molar-refractivity contribution is 5.97. The summed E-state index contributed by atoms with van der Waals surface area (Å²) in [5.74, 6) is -1.50. The quantitative estimate of drug-likeness (QED) is 0.614. The number of nitrogens with one attached hydrogen (secondary N) is 2. The Hall–Kier alpha value is -3.58. The number of carbonyl (C=O) groups is 2. The summed E-state index contributed by atoms with van der Waals surface area (Å²) in [6, 6.07) is 19.2. The van der Waals surface area contributed by atoms with Gasteiger partial charge in [-0.3, -0.25) is 14.5 Å². The molecule has 3 rings (SSSR count). The van der Waals surface area contributed by atoms with Crippen LogP contribution in [-0.2, 0) is 9.59 Å². The molecule has 0 fully saturated rings. The first-order valence-corrected chi connectivity index (χ1v) is 9.29. The highest BCUT2D eigenvalue weighted by Crippen LogP contribution is 2.22. The van der Waals surface area contributed by atoms with E-state index in [1.807, 2.05) is 6.07 Å². The normalized spacial score (nSPS) is 11.7. The van der Waals surface area contributed by atoms with Crippen molar-refractivity contribution in [2.24, 2.45) is 0 Å². The molecule has 0 aliphatic rings. The van der Waals surface area contributed by atoms with Gasteiger partial charge >= 0.3 is 0 Å². The Balaban J connectivity index is 1.74. The molecule has 5 nitrogen and oxygen atoms in total. The number of likely N-dealkylation sites (N-methyl/N-ethyl adjacent to an activating group) is 1. The predicted octanol–water partition coefficient (Wildman–Crippen LogP) is 4.22. The van der Waals surface area contributed by atoms with Gasteiger partial charge < -0.3 is 10.6 Å². The third-order valence-corrected chi connectivity index (χ3v) is 4.44. The van der Waals surface area contributed by atoms with Gasteiger partial charge in [-0.05, 0) is 61.1 Å². The Morgan fingerprint density at radius 3 is 1.83 bits per heavy atom. The molecule has 154 valence electrons. The highest BCUT2D eigenvalue weighted by Gasteiger charge is 2.26. The zero-order chi connectivity index (χ0) is 21.5. The summed E-state index contributed by atoms with van der Waals surface area (Å²) in [5, 5.41) is 5.44. The van der Waals surface area contributed by atoms with E-state index >= 15 is 0 Å². The number of halogens is 2. The lowest BCUT2D eigenvalue weighted by Crippen LogP contribution is -2.39. The van der Waals surface area contributed by atoms with E-state index in [2.05, 4.69) is 10.6 Å². The number of nitrogens with zero attached hydrogens (tertiary/aromatic N) is 1. The van der Waals surface area contributed by atoms with Crippen LogP contribution in [0.5, 0.6) is 0 Å². The second-order valence-electron chi connectivity index (χ2n) is 6.78. The lowest BCUT2D eigenvalue weighted by Gasteiger charge is -2.27. The molecule has 0 bridgehead atoms. The lowest BCUT2D eigenvalue weighted by molar-refractivity contribution is -0.123. The SMILES string of the molecule is CN(CC(=O)Nc1ccc(F)cc1)[C@@H](C(=O)Nc1ccc(F)cc1)c1ccccc1. The number of amides is 2. The van der Waals surface area contributed by atoms with E-state index in [1.165, 1.54) is 48.5 Å². The van der Waals surface area contributed by atoms with Crippen LogP contribution in [0.1, 0.15) is 11.6 Å². The van der Waals surface area contributed by atoms with Crippen LogP contribution in [0.25, 0.3) is 0 Å².